The Bertz CT molecular complexity index is 570. The third kappa shape index (κ3) is 5.88. The van der Waals surface area contributed by atoms with Gasteiger partial charge >= 0.3 is 11.9 Å². The number of benzene rings is 1. The van der Waals surface area contributed by atoms with Crippen LogP contribution in [0.3, 0.4) is 0 Å². The van der Waals surface area contributed by atoms with Gasteiger partial charge in [0.25, 0.3) is 0 Å². The number of hydrogen-bond donors (Lipinski definition) is 2. The van der Waals surface area contributed by atoms with E-state index in [0.717, 1.165) is 0 Å². The number of methoxy groups -OCH3 is 1. The van der Waals surface area contributed by atoms with Crippen LogP contribution in [0.1, 0.15) is 24.2 Å². The fraction of sp³-hybridized carbons (Fsp3) is 0.438. The third-order valence-electron chi connectivity index (χ3n) is 3.02. The molecule has 1 aromatic rings. The standard InChI is InChI=1S/C16H21NO7/c1-4-23-16(21)14(19)13(17-10(2)18)9-24-15(20)11-5-7-12(22-3)8-6-11/h5-8,13-14,19H,4,9H2,1-3H3,(H,17,18)/t13-,14-/m0/s1. The number of esters is 2. The molecule has 0 aliphatic heterocycles. The Kier molecular flexibility index (Phi) is 7.70. The first-order valence-electron chi connectivity index (χ1n) is 7.32. The van der Waals surface area contributed by atoms with Crippen molar-refractivity contribution in [1.29, 1.82) is 0 Å². The van der Waals surface area contributed by atoms with Gasteiger partial charge in [0.2, 0.25) is 5.91 Å². The minimum absolute atomic E-state index is 0.0777. The second-order valence-electron chi connectivity index (χ2n) is 4.83. The van der Waals surface area contributed by atoms with Crippen LogP contribution in [-0.2, 0) is 19.1 Å². The Labute approximate surface area is 139 Å². The maximum atomic E-state index is 12.0. The Hall–Kier alpha value is -2.61. The van der Waals surface area contributed by atoms with E-state index >= 15 is 0 Å². The van der Waals surface area contributed by atoms with Crippen molar-refractivity contribution in [2.45, 2.75) is 26.0 Å². The lowest BCUT2D eigenvalue weighted by atomic mass is 10.1. The molecule has 132 valence electrons. The van der Waals surface area contributed by atoms with Gasteiger partial charge in [-0.05, 0) is 31.2 Å². The highest BCUT2D eigenvalue weighted by molar-refractivity contribution is 5.89. The molecule has 0 spiro atoms. The van der Waals surface area contributed by atoms with Crippen LogP contribution >= 0.6 is 0 Å². The maximum absolute atomic E-state index is 12.0. The van der Waals surface area contributed by atoms with Crippen molar-refractivity contribution in [1.82, 2.24) is 5.32 Å². The number of ether oxygens (including phenoxy) is 3. The lowest BCUT2D eigenvalue weighted by Gasteiger charge is -2.22. The van der Waals surface area contributed by atoms with Crippen molar-refractivity contribution >= 4 is 17.8 Å². The number of nitrogens with one attached hydrogen (secondary N) is 1. The van der Waals surface area contributed by atoms with Crippen LogP contribution in [-0.4, -0.2) is 55.4 Å². The van der Waals surface area contributed by atoms with E-state index in [9.17, 15) is 19.5 Å². The molecule has 24 heavy (non-hydrogen) atoms. The van der Waals surface area contributed by atoms with E-state index in [2.05, 4.69) is 10.1 Å². The Morgan fingerprint density at radius 1 is 1.17 bits per heavy atom. The van der Waals surface area contributed by atoms with Gasteiger partial charge in [0, 0.05) is 6.92 Å². The molecular formula is C16H21NO7. The van der Waals surface area contributed by atoms with E-state index in [1.165, 1.54) is 26.2 Å². The number of rotatable bonds is 8. The molecule has 0 aliphatic rings. The molecule has 0 saturated heterocycles. The minimum atomic E-state index is -1.64. The highest BCUT2D eigenvalue weighted by Crippen LogP contribution is 2.12. The summed E-state index contributed by atoms with van der Waals surface area (Å²) in [6, 6.07) is 5.10. The number of carbonyl (C=O) groups is 3. The van der Waals surface area contributed by atoms with Gasteiger partial charge in [0.05, 0.1) is 25.3 Å². The van der Waals surface area contributed by atoms with Crippen molar-refractivity contribution in [3.05, 3.63) is 29.8 Å². The molecule has 2 atom stereocenters. The van der Waals surface area contributed by atoms with E-state index < -0.39 is 30.0 Å². The largest absolute Gasteiger partial charge is 0.497 e. The van der Waals surface area contributed by atoms with Crippen LogP contribution in [0.5, 0.6) is 5.75 Å². The Balaban J connectivity index is 2.70. The van der Waals surface area contributed by atoms with Crippen molar-refractivity contribution in [3.63, 3.8) is 0 Å². The molecule has 0 aliphatic carbocycles. The topological polar surface area (TPSA) is 111 Å². The average molecular weight is 339 g/mol. The summed E-state index contributed by atoms with van der Waals surface area (Å²) in [6.45, 7) is 2.50. The van der Waals surface area contributed by atoms with Crippen molar-refractivity contribution < 1.29 is 33.7 Å². The van der Waals surface area contributed by atoms with Gasteiger partial charge in [-0.1, -0.05) is 0 Å². The first-order chi connectivity index (χ1) is 11.4. The summed E-state index contributed by atoms with van der Waals surface area (Å²) in [7, 11) is 1.50. The van der Waals surface area contributed by atoms with Gasteiger partial charge in [-0.25, -0.2) is 9.59 Å². The van der Waals surface area contributed by atoms with Crippen LogP contribution in [0.4, 0.5) is 0 Å². The van der Waals surface area contributed by atoms with E-state index in [1.54, 1.807) is 19.1 Å². The van der Waals surface area contributed by atoms with E-state index in [0.29, 0.717) is 5.75 Å². The molecule has 0 aromatic heterocycles. The summed E-state index contributed by atoms with van der Waals surface area (Å²) in [5, 5.41) is 12.3. The van der Waals surface area contributed by atoms with Gasteiger partial charge in [-0.3, -0.25) is 4.79 Å². The fourth-order valence-corrected chi connectivity index (χ4v) is 1.84. The zero-order chi connectivity index (χ0) is 18.1. The van der Waals surface area contributed by atoms with E-state index in [1.807, 2.05) is 0 Å². The second kappa shape index (κ2) is 9.51. The molecule has 0 saturated carbocycles. The van der Waals surface area contributed by atoms with Crippen LogP contribution < -0.4 is 10.1 Å². The molecule has 0 unspecified atom stereocenters. The number of hydrogen-bond acceptors (Lipinski definition) is 7. The predicted octanol–water partition coefficient (Wildman–Crippen LogP) is 0.281. The van der Waals surface area contributed by atoms with Gasteiger partial charge in [-0.2, -0.15) is 0 Å². The number of aliphatic hydroxyl groups is 1. The fourth-order valence-electron chi connectivity index (χ4n) is 1.84. The number of amides is 1. The first kappa shape index (κ1) is 19.4. The molecule has 8 nitrogen and oxygen atoms in total. The lowest BCUT2D eigenvalue weighted by molar-refractivity contribution is -0.155. The van der Waals surface area contributed by atoms with Crippen molar-refractivity contribution in [3.8, 4) is 5.75 Å². The molecular weight excluding hydrogens is 318 g/mol. The zero-order valence-electron chi connectivity index (χ0n) is 13.8. The average Bonchev–Trinajstić information content (AvgIpc) is 2.57. The molecule has 1 rings (SSSR count). The van der Waals surface area contributed by atoms with Crippen molar-refractivity contribution in [2.75, 3.05) is 20.3 Å². The number of carbonyl (C=O) groups excluding carboxylic acids is 3. The molecule has 2 N–H and O–H groups in total. The summed E-state index contributed by atoms with van der Waals surface area (Å²) >= 11 is 0. The predicted molar refractivity (Wildman–Crippen MR) is 83.5 cm³/mol. The number of aliphatic hydroxyl groups excluding tert-OH is 1. The van der Waals surface area contributed by atoms with Gasteiger partial charge < -0.3 is 24.6 Å². The normalized spacial score (nSPS) is 12.7. The highest BCUT2D eigenvalue weighted by Gasteiger charge is 2.29. The zero-order valence-corrected chi connectivity index (χ0v) is 13.8. The van der Waals surface area contributed by atoms with E-state index in [-0.39, 0.29) is 18.8 Å². The first-order valence-corrected chi connectivity index (χ1v) is 7.32. The summed E-state index contributed by atoms with van der Waals surface area (Å²) in [6.07, 6.45) is -1.64. The minimum Gasteiger partial charge on any atom is -0.497 e. The van der Waals surface area contributed by atoms with Gasteiger partial charge in [-0.15, -0.1) is 0 Å². The SMILES string of the molecule is CCOC(=O)[C@@H](O)[C@H](COC(=O)c1ccc(OC)cc1)NC(C)=O. The second-order valence-corrected chi connectivity index (χ2v) is 4.83. The highest BCUT2D eigenvalue weighted by atomic mass is 16.6. The molecule has 0 bridgehead atoms. The Morgan fingerprint density at radius 3 is 2.29 bits per heavy atom. The molecule has 0 fully saturated rings. The molecule has 0 heterocycles. The quantitative estimate of drug-likeness (QED) is 0.654. The monoisotopic (exact) mass is 339 g/mol. The Morgan fingerprint density at radius 2 is 1.79 bits per heavy atom. The van der Waals surface area contributed by atoms with Crippen LogP contribution in [0.15, 0.2) is 24.3 Å². The van der Waals surface area contributed by atoms with Crippen LogP contribution in [0.25, 0.3) is 0 Å². The molecule has 1 amide bonds. The summed E-state index contributed by atoms with van der Waals surface area (Å²) in [5.41, 5.74) is 0.267. The molecule has 0 radical (unpaired) electrons. The summed E-state index contributed by atoms with van der Waals surface area (Å²) in [4.78, 5) is 34.7. The summed E-state index contributed by atoms with van der Waals surface area (Å²) in [5.74, 6) is -1.47. The lowest BCUT2D eigenvalue weighted by Crippen LogP contribution is -2.50. The molecule has 8 heteroatoms. The van der Waals surface area contributed by atoms with E-state index in [4.69, 9.17) is 9.47 Å². The molecule has 1 aromatic carbocycles. The smallest absolute Gasteiger partial charge is 0.338 e. The van der Waals surface area contributed by atoms with Crippen LogP contribution in [0, 0.1) is 0 Å². The van der Waals surface area contributed by atoms with Crippen LogP contribution in [0.2, 0.25) is 0 Å². The summed E-state index contributed by atoms with van der Waals surface area (Å²) < 4.78 is 14.7. The van der Waals surface area contributed by atoms with Crippen molar-refractivity contribution in [2.24, 2.45) is 0 Å². The van der Waals surface area contributed by atoms with Gasteiger partial charge in [0.15, 0.2) is 6.10 Å². The maximum Gasteiger partial charge on any atom is 0.338 e. The third-order valence-corrected chi connectivity index (χ3v) is 3.02. The van der Waals surface area contributed by atoms with Gasteiger partial charge in [0.1, 0.15) is 12.4 Å².